The third-order valence-electron chi connectivity index (χ3n) is 3.42. The van der Waals surface area contributed by atoms with Gasteiger partial charge < -0.3 is 10.3 Å². The van der Waals surface area contributed by atoms with E-state index in [0.29, 0.717) is 16.8 Å². The molecular formula is C19H21N3O2. The molecule has 0 aliphatic heterocycles. The Balaban J connectivity index is 1.93. The van der Waals surface area contributed by atoms with Gasteiger partial charge in [-0.3, -0.25) is 15.0 Å². The van der Waals surface area contributed by atoms with Gasteiger partial charge in [0.25, 0.3) is 5.91 Å². The van der Waals surface area contributed by atoms with Gasteiger partial charge in [-0.25, -0.2) is 0 Å². The van der Waals surface area contributed by atoms with Gasteiger partial charge in [-0.15, -0.1) is 0 Å². The zero-order valence-electron chi connectivity index (χ0n) is 14.0. The normalized spacial score (nSPS) is 10.9. The summed E-state index contributed by atoms with van der Waals surface area (Å²) >= 11 is 0. The van der Waals surface area contributed by atoms with Gasteiger partial charge in [0.1, 0.15) is 0 Å². The highest BCUT2D eigenvalue weighted by Crippen LogP contribution is 2.12. The molecular weight excluding hydrogens is 302 g/mol. The number of allylic oxidation sites excluding steroid dienone is 2. The quantitative estimate of drug-likeness (QED) is 0.487. The highest BCUT2D eigenvalue weighted by molar-refractivity contribution is 6.04. The summed E-state index contributed by atoms with van der Waals surface area (Å²) < 4.78 is 0. The van der Waals surface area contributed by atoms with Crippen molar-refractivity contribution in [1.82, 2.24) is 10.9 Å². The summed E-state index contributed by atoms with van der Waals surface area (Å²) in [6.07, 6.45) is 1.45. The molecule has 2 aromatic carbocycles. The molecule has 0 aromatic heterocycles. The summed E-state index contributed by atoms with van der Waals surface area (Å²) in [5.74, 6) is -0.384. The van der Waals surface area contributed by atoms with Gasteiger partial charge in [-0.2, -0.15) is 0 Å². The Morgan fingerprint density at radius 2 is 1.50 bits per heavy atom. The number of carbonyl (C=O) groups is 2. The zero-order chi connectivity index (χ0) is 17.5. The van der Waals surface area contributed by atoms with Crippen LogP contribution in [0.1, 0.15) is 27.6 Å². The lowest BCUT2D eigenvalue weighted by Crippen LogP contribution is -2.36. The fourth-order valence-corrected chi connectivity index (χ4v) is 2.06. The monoisotopic (exact) mass is 323 g/mol. The molecule has 24 heavy (non-hydrogen) atoms. The topological polar surface area (TPSA) is 61.4 Å². The van der Waals surface area contributed by atoms with Gasteiger partial charge in [0, 0.05) is 42.7 Å². The SMILES string of the molecule is CC(=CC(=O)c1ccccc1)NNC(=O)c1ccc(N(C)C)cc1. The molecule has 0 heterocycles. The van der Waals surface area contributed by atoms with Crippen molar-refractivity contribution in [3.63, 3.8) is 0 Å². The van der Waals surface area contributed by atoms with Crippen molar-refractivity contribution in [3.8, 4) is 0 Å². The number of rotatable bonds is 6. The number of anilines is 1. The summed E-state index contributed by atoms with van der Waals surface area (Å²) in [6.45, 7) is 1.72. The van der Waals surface area contributed by atoms with Crippen molar-refractivity contribution in [2.45, 2.75) is 6.92 Å². The Morgan fingerprint density at radius 3 is 2.08 bits per heavy atom. The fourth-order valence-electron chi connectivity index (χ4n) is 2.06. The summed E-state index contributed by atoms with van der Waals surface area (Å²) in [5, 5.41) is 0. The molecule has 0 spiro atoms. The first-order chi connectivity index (χ1) is 11.5. The summed E-state index contributed by atoms with van der Waals surface area (Å²) in [6, 6.07) is 16.2. The molecule has 0 bridgehead atoms. The first kappa shape index (κ1) is 17.3. The number of hydrogen-bond acceptors (Lipinski definition) is 4. The van der Waals surface area contributed by atoms with Crippen LogP contribution in [0.25, 0.3) is 0 Å². The molecule has 1 amide bonds. The van der Waals surface area contributed by atoms with Crippen molar-refractivity contribution in [2.24, 2.45) is 0 Å². The summed E-state index contributed by atoms with van der Waals surface area (Å²) in [4.78, 5) is 26.1. The van der Waals surface area contributed by atoms with Gasteiger partial charge in [-0.1, -0.05) is 30.3 Å². The van der Waals surface area contributed by atoms with Gasteiger partial charge in [0.15, 0.2) is 5.78 Å². The molecule has 2 rings (SSSR count). The Labute approximate surface area is 142 Å². The molecule has 0 aliphatic rings. The molecule has 0 saturated carbocycles. The maximum absolute atomic E-state index is 12.1. The predicted molar refractivity (Wildman–Crippen MR) is 95.9 cm³/mol. The summed E-state index contributed by atoms with van der Waals surface area (Å²) in [5.41, 5.74) is 8.04. The minimum Gasteiger partial charge on any atom is -0.378 e. The first-order valence-corrected chi connectivity index (χ1v) is 7.59. The lowest BCUT2D eigenvalue weighted by atomic mass is 10.1. The Bertz CT molecular complexity index is 735. The van der Waals surface area contributed by atoms with Gasteiger partial charge in [0.2, 0.25) is 0 Å². The van der Waals surface area contributed by atoms with Crippen LogP contribution in [0.3, 0.4) is 0 Å². The number of hydrogen-bond donors (Lipinski definition) is 2. The number of nitrogens with one attached hydrogen (secondary N) is 2. The molecule has 2 aromatic rings. The zero-order valence-corrected chi connectivity index (χ0v) is 14.0. The third-order valence-corrected chi connectivity index (χ3v) is 3.42. The van der Waals surface area contributed by atoms with Gasteiger partial charge in [0.05, 0.1) is 0 Å². The molecule has 0 fully saturated rings. The lowest BCUT2D eigenvalue weighted by Gasteiger charge is -2.13. The van der Waals surface area contributed by atoms with Crippen LogP contribution in [0, 0.1) is 0 Å². The second kappa shape index (κ2) is 7.97. The van der Waals surface area contributed by atoms with E-state index in [0.717, 1.165) is 5.69 Å². The van der Waals surface area contributed by atoms with E-state index in [2.05, 4.69) is 10.9 Å². The molecule has 5 nitrogen and oxygen atoms in total. The minimum atomic E-state index is -0.264. The number of hydrazine groups is 1. The van der Waals surface area contributed by atoms with Gasteiger partial charge in [-0.05, 0) is 31.2 Å². The van der Waals surface area contributed by atoms with E-state index in [9.17, 15) is 9.59 Å². The van der Waals surface area contributed by atoms with Crippen molar-refractivity contribution in [3.05, 3.63) is 77.5 Å². The van der Waals surface area contributed by atoms with Crippen LogP contribution in [0.5, 0.6) is 0 Å². The maximum atomic E-state index is 12.1. The highest BCUT2D eigenvalue weighted by atomic mass is 16.2. The van der Waals surface area contributed by atoms with Crippen LogP contribution < -0.4 is 15.8 Å². The summed E-state index contributed by atoms with van der Waals surface area (Å²) in [7, 11) is 3.88. The number of amides is 1. The second-order valence-electron chi connectivity index (χ2n) is 5.58. The smallest absolute Gasteiger partial charge is 0.269 e. The average molecular weight is 323 g/mol. The van der Waals surface area contributed by atoms with Crippen LogP contribution in [-0.2, 0) is 0 Å². The molecule has 0 radical (unpaired) electrons. The van der Waals surface area contributed by atoms with E-state index in [1.807, 2.05) is 49.3 Å². The van der Waals surface area contributed by atoms with E-state index in [1.165, 1.54) is 6.08 Å². The molecule has 124 valence electrons. The average Bonchev–Trinajstić information content (AvgIpc) is 2.60. The fraction of sp³-hybridized carbons (Fsp3) is 0.158. The van der Waals surface area contributed by atoms with Crippen molar-refractivity contribution < 1.29 is 9.59 Å². The lowest BCUT2D eigenvalue weighted by molar-refractivity contribution is 0.0936. The van der Waals surface area contributed by atoms with Crippen LogP contribution in [0.4, 0.5) is 5.69 Å². The van der Waals surface area contributed by atoms with E-state index in [1.54, 1.807) is 31.2 Å². The number of carbonyl (C=O) groups excluding carboxylic acids is 2. The standard InChI is InChI=1S/C19H21N3O2/c1-14(13-18(23)15-7-5-4-6-8-15)20-21-19(24)16-9-11-17(12-10-16)22(2)3/h4-13,20H,1-3H3,(H,21,24). The Hall–Kier alpha value is -3.08. The van der Waals surface area contributed by atoms with Crippen molar-refractivity contribution >= 4 is 17.4 Å². The minimum absolute atomic E-state index is 0.120. The van der Waals surface area contributed by atoms with Crippen LogP contribution >= 0.6 is 0 Å². The highest BCUT2D eigenvalue weighted by Gasteiger charge is 2.06. The van der Waals surface area contributed by atoms with E-state index >= 15 is 0 Å². The third kappa shape index (κ3) is 4.71. The molecule has 0 unspecified atom stereocenters. The van der Waals surface area contributed by atoms with E-state index < -0.39 is 0 Å². The number of benzene rings is 2. The molecule has 5 heteroatoms. The van der Waals surface area contributed by atoms with Crippen LogP contribution in [-0.4, -0.2) is 25.8 Å². The van der Waals surface area contributed by atoms with Gasteiger partial charge >= 0.3 is 0 Å². The van der Waals surface area contributed by atoms with E-state index in [-0.39, 0.29) is 11.7 Å². The van der Waals surface area contributed by atoms with Crippen molar-refractivity contribution in [2.75, 3.05) is 19.0 Å². The largest absolute Gasteiger partial charge is 0.378 e. The molecule has 0 atom stereocenters. The number of ketones is 1. The Kier molecular flexibility index (Phi) is 5.73. The maximum Gasteiger partial charge on any atom is 0.269 e. The Morgan fingerprint density at radius 1 is 0.875 bits per heavy atom. The predicted octanol–water partition coefficient (Wildman–Crippen LogP) is 2.77. The second-order valence-corrected chi connectivity index (χ2v) is 5.58. The van der Waals surface area contributed by atoms with Crippen molar-refractivity contribution in [1.29, 1.82) is 0 Å². The van der Waals surface area contributed by atoms with Crippen LogP contribution in [0.15, 0.2) is 66.4 Å². The molecule has 2 N–H and O–H groups in total. The van der Waals surface area contributed by atoms with Crippen LogP contribution in [0.2, 0.25) is 0 Å². The first-order valence-electron chi connectivity index (χ1n) is 7.59. The molecule has 0 aliphatic carbocycles. The number of nitrogens with zero attached hydrogens (tertiary/aromatic N) is 1. The van der Waals surface area contributed by atoms with E-state index in [4.69, 9.17) is 0 Å². The molecule has 0 saturated heterocycles.